The van der Waals surface area contributed by atoms with Crippen LogP contribution in [0.3, 0.4) is 0 Å². The van der Waals surface area contributed by atoms with Crippen LogP contribution in [0.5, 0.6) is 5.75 Å². The first-order chi connectivity index (χ1) is 12.0. The summed E-state index contributed by atoms with van der Waals surface area (Å²) >= 11 is 7.48. The van der Waals surface area contributed by atoms with Gasteiger partial charge in [-0.15, -0.1) is 11.8 Å². The number of amides is 1. The number of halogens is 1. The maximum atomic E-state index is 12.3. The maximum Gasteiger partial charge on any atom is 0.230 e. The van der Waals surface area contributed by atoms with E-state index in [2.05, 4.69) is 18.3 Å². The first-order valence-electron chi connectivity index (χ1n) is 8.29. The Morgan fingerprint density at radius 2 is 1.96 bits per heavy atom. The minimum Gasteiger partial charge on any atom is -0.496 e. The lowest BCUT2D eigenvalue weighted by atomic mass is 10.0. The van der Waals surface area contributed by atoms with E-state index in [0.717, 1.165) is 34.1 Å². The first kappa shape index (κ1) is 19.7. The van der Waals surface area contributed by atoms with Crippen LogP contribution in [0.2, 0.25) is 5.02 Å². The Balaban J connectivity index is 1.86. The second-order valence-electron chi connectivity index (χ2n) is 5.88. The fourth-order valence-electron chi connectivity index (χ4n) is 2.62. The van der Waals surface area contributed by atoms with Crippen molar-refractivity contribution in [1.82, 2.24) is 5.32 Å². The number of nitrogens with one attached hydrogen (secondary N) is 1. The number of rotatable bonds is 8. The quantitative estimate of drug-likeness (QED) is 0.690. The molecule has 2 aromatic carbocycles. The van der Waals surface area contributed by atoms with Gasteiger partial charge in [-0.2, -0.15) is 0 Å². The summed E-state index contributed by atoms with van der Waals surface area (Å²) in [5.41, 5.74) is 3.35. The lowest BCUT2D eigenvalue weighted by Gasteiger charge is -2.19. The average molecular weight is 378 g/mol. The zero-order chi connectivity index (χ0) is 18.2. The highest BCUT2D eigenvalue weighted by Crippen LogP contribution is 2.24. The SMILES string of the molecule is CCC(NC(=O)CSCc1ccc(Cl)cc1)c1ccc(OC)c(C)c1. The normalized spacial score (nSPS) is 11.8. The zero-order valence-electron chi connectivity index (χ0n) is 14.8. The summed E-state index contributed by atoms with van der Waals surface area (Å²) in [6, 6.07) is 13.8. The molecule has 1 N–H and O–H groups in total. The zero-order valence-corrected chi connectivity index (χ0v) is 16.4. The lowest BCUT2D eigenvalue weighted by Crippen LogP contribution is -2.29. The molecule has 1 unspecified atom stereocenters. The topological polar surface area (TPSA) is 38.3 Å². The molecule has 0 aliphatic rings. The monoisotopic (exact) mass is 377 g/mol. The van der Waals surface area contributed by atoms with E-state index in [-0.39, 0.29) is 11.9 Å². The number of carbonyl (C=O) groups is 1. The molecule has 1 atom stereocenters. The van der Waals surface area contributed by atoms with E-state index < -0.39 is 0 Å². The van der Waals surface area contributed by atoms with E-state index in [1.807, 2.05) is 43.3 Å². The Hall–Kier alpha value is -1.65. The molecule has 0 fully saturated rings. The summed E-state index contributed by atoms with van der Waals surface area (Å²) in [6.07, 6.45) is 0.847. The number of hydrogen-bond donors (Lipinski definition) is 1. The summed E-state index contributed by atoms with van der Waals surface area (Å²) < 4.78 is 5.30. The van der Waals surface area contributed by atoms with Crippen molar-refractivity contribution in [2.45, 2.75) is 32.1 Å². The van der Waals surface area contributed by atoms with E-state index in [1.165, 1.54) is 5.56 Å². The first-order valence-corrected chi connectivity index (χ1v) is 9.82. The third-order valence-corrected chi connectivity index (χ3v) is 5.24. The van der Waals surface area contributed by atoms with Crippen molar-refractivity contribution in [2.75, 3.05) is 12.9 Å². The Labute approximate surface area is 159 Å². The fraction of sp³-hybridized carbons (Fsp3) is 0.350. The van der Waals surface area contributed by atoms with Gasteiger partial charge in [0.15, 0.2) is 0 Å². The molecule has 25 heavy (non-hydrogen) atoms. The van der Waals surface area contributed by atoms with Crippen molar-refractivity contribution in [1.29, 1.82) is 0 Å². The number of carbonyl (C=O) groups excluding carboxylic acids is 1. The summed E-state index contributed by atoms with van der Waals surface area (Å²) in [6.45, 7) is 4.09. The molecule has 0 heterocycles. The van der Waals surface area contributed by atoms with Crippen LogP contribution in [0.25, 0.3) is 0 Å². The van der Waals surface area contributed by atoms with Gasteiger partial charge in [0.25, 0.3) is 0 Å². The molecule has 0 saturated carbocycles. The highest BCUT2D eigenvalue weighted by atomic mass is 35.5. The van der Waals surface area contributed by atoms with Crippen molar-refractivity contribution in [2.24, 2.45) is 0 Å². The molecule has 2 rings (SSSR count). The molecular weight excluding hydrogens is 354 g/mol. The summed E-state index contributed by atoms with van der Waals surface area (Å²) in [7, 11) is 1.67. The number of hydrogen-bond acceptors (Lipinski definition) is 3. The molecule has 0 aliphatic carbocycles. The van der Waals surface area contributed by atoms with Crippen LogP contribution < -0.4 is 10.1 Å². The fourth-order valence-corrected chi connectivity index (χ4v) is 3.54. The van der Waals surface area contributed by atoms with E-state index >= 15 is 0 Å². The molecule has 5 heteroatoms. The predicted molar refractivity (Wildman–Crippen MR) is 107 cm³/mol. The standard InChI is InChI=1S/C20H24ClNO2S/c1-4-18(16-7-10-19(24-3)14(2)11-16)22-20(23)13-25-12-15-5-8-17(21)9-6-15/h5-11,18H,4,12-13H2,1-3H3,(H,22,23). The van der Waals surface area contributed by atoms with Gasteiger partial charge in [-0.25, -0.2) is 0 Å². The van der Waals surface area contributed by atoms with E-state index in [4.69, 9.17) is 16.3 Å². The Kier molecular flexibility index (Phi) is 7.66. The van der Waals surface area contributed by atoms with Gasteiger partial charge < -0.3 is 10.1 Å². The lowest BCUT2D eigenvalue weighted by molar-refractivity contribution is -0.119. The van der Waals surface area contributed by atoms with E-state index in [0.29, 0.717) is 5.75 Å². The molecule has 1 amide bonds. The molecule has 0 saturated heterocycles. The smallest absolute Gasteiger partial charge is 0.230 e. The van der Waals surface area contributed by atoms with Gasteiger partial charge in [0, 0.05) is 10.8 Å². The molecule has 0 spiro atoms. The number of aryl methyl sites for hydroxylation is 1. The van der Waals surface area contributed by atoms with Gasteiger partial charge in [0.2, 0.25) is 5.91 Å². The maximum absolute atomic E-state index is 12.3. The summed E-state index contributed by atoms with van der Waals surface area (Å²) in [5, 5.41) is 3.85. The Morgan fingerprint density at radius 1 is 1.24 bits per heavy atom. The van der Waals surface area contributed by atoms with E-state index in [9.17, 15) is 4.79 Å². The van der Waals surface area contributed by atoms with Crippen LogP contribution in [-0.4, -0.2) is 18.8 Å². The second kappa shape index (κ2) is 9.73. The van der Waals surface area contributed by atoms with Gasteiger partial charge in [0.1, 0.15) is 5.75 Å². The minimum atomic E-state index is 0.0215. The van der Waals surface area contributed by atoms with Gasteiger partial charge >= 0.3 is 0 Å². The number of benzene rings is 2. The molecule has 0 radical (unpaired) electrons. The van der Waals surface area contributed by atoms with Crippen LogP contribution in [0.15, 0.2) is 42.5 Å². The van der Waals surface area contributed by atoms with Gasteiger partial charge in [-0.05, 0) is 48.2 Å². The summed E-state index contributed by atoms with van der Waals surface area (Å²) in [4.78, 5) is 12.3. The Morgan fingerprint density at radius 3 is 2.56 bits per heavy atom. The Bertz CT molecular complexity index is 703. The molecule has 0 bridgehead atoms. The van der Waals surface area contributed by atoms with Crippen molar-refractivity contribution < 1.29 is 9.53 Å². The van der Waals surface area contributed by atoms with Crippen LogP contribution in [-0.2, 0) is 10.5 Å². The van der Waals surface area contributed by atoms with E-state index in [1.54, 1.807) is 18.9 Å². The summed E-state index contributed by atoms with van der Waals surface area (Å²) in [5.74, 6) is 2.15. The number of thioether (sulfide) groups is 1. The second-order valence-corrected chi connectivity index (χ2v) is 7.30. The van der Waals surface area contributed by atoms with Crippen LogP contribution in [0, 0.1) is 6.92 Å². The molecular formula is C20H24ClNO2S. The van der Waals surface area contributed by atoms with Crippen LogP contribution in [0.4, 0.5) is 0 Å². The highest BCUT2D eigenvalue weighted by molar-refractivity contribution is 7.99. The average Bonchev–Trinajstić information content (AvgIpc) is 2.61. The third kappa shape index (κ3) is 5.98. The van der Waals surface area contributed by atoms with Gasteiger partial charge in [-0.3, -0.25) is 4.79 Å². The van der Waals surface area contributed by atoms with Gasteiger partial charge in [-0.1, -0.05) is 42.8 Å². The van der Waals surface area contributed by atoms with Gasteiger partial charge in [0.05, 0.1) is 18.9 Å². The number of methoxy groups -OCH3 is 1. The van der Waals surface area contributed by atoms with Crippen molar-refractivity contribution in [3.8, 4) is 5.75 Å². The molecule has 3 nitrogen and oxygen atoms in total. The molecule has 134 valence electrons. The minimum absolute atomic E-state index is 0.0215. The molecule has 2 aromatic rings. The largest absolute Gasteiger partial charge is 0.496 e. The van der Waals surface area contributed by atoms with Crippen molar-refractivity contribution in [3.05, 3.63) is 64.2 Å². The highest BCUT2D eigenvalue weighted by Gasteiger charge is 2.14. The molecule has 0 aliphatic heterocycles. The van der Waals surface area contributed by atoms with Crippen molar-refractivity contribution in [3.63, 3.8) is 0 Å². The number of ether oxygens (including phenoxy) is 1. The predicted octanol–water partition coefficient (Wildman–Crippen LogP) is 5.16. The van der Waals surface area contributed by atoms with Crippen LogP contribution >= 0.6 is 23.4 Å². The van der Waals surface area contributed by atoms with Crippen molar-refractivity contribution >= 4 is 29.3 Å². The molecule has 0 aromatic heterocycles. The third-order valence-electron chi connectivity index (χ3n) is 3.98. The van der Waals surface area contributed by atoms with Crippen LogP contribution in [0.1, 0.15) is 36.1 Å².